The van der Waals surface area contributed by atoms with Crippen molar-refractivity contribution in [3.8, 4) is 0 Å². The second-order valence-corrected chi connectivity index (χ2v) is 4.14. The second kappa shape index (κ2) is 7.25. The Morgan fingerprint density at radius 1 is 1.53 bits per heavy atom. The van der Waals surface area contributed by atoms with E-state index in [0.29, 0.717) is 12.6 Å². The molecule has 0 bridgehead atoms. The summed E-state index contributed by atoms with van der Waals surface area (Å²) in [6.07, 6.45) is 1.86. The summed E-state index contributed by atoms with van der Waals surface area (Å²) in [4.78, 5) is 6.48. The summed E-state index contributed by atoms with van der Waals surface area (Å²) in [5.41, 5.74) is 1.26. The number of ether oxygens (including phenoxy) is 1. The third-order valence-electron chi connectivity index (χ3n) is 2.80. The number of anilines is 1. The molecule has 17 heavy (non-hydrogen) atoms. The molecule has 0 saturated heterocycles. The molecule has 0 aliphatic carbocycles. The van der Waals surface area contributed by atoms with Gasteiger partial charge in [0.1, 0.15) is 5.82 Å². The van der Waals surface area contributed by atoms with Gasteiger partial charge in [-0.2, -0.15) is 0 Å². The molecule has 1 rings (SSSR count). The van der Waals surface area contributed by atoms with Crippen LogP contribution in [0.2, 0.25) is 0 Å². The number of nitrogens with zero attached hydrogens (tertiary/aromatic N) is 2. The highest BCUT2D eigenvalue weighted by Gasteiger charge is 2.07. The molecular weight excluding hydrogens is 214 g/mol. The third-order valence-corrected chi connectivity index (χ3v) is 2.80. The second-order valence-electron chi connectivity index (χ2n) is 4.14. The topological polar surface area (TPSA) is 37.4 Å². The quantitative estimate of drug-likeness (QED) is 0.785. The van der Waals surface area contributed by atoms with Crippen molar-refractivity contribution in [2.75, 3.05) is 38.8 Å². The molecule has 1 atom stereocenters. The van der Waals surface area contributed by atoms with Crippen LogP contribution in [0, 0.1) is 0 Å². The normalized spacial score (nSPS) is 12.5. The molecule has 0 fully saturated rings. The summed E-state index contributed by atoms with van der Waals surface area (Å²) in [5, 5.41) is 3.40. The molecule has 96 valence electrons. The smallest absolute Gasteiger partial charge is 0.128 e. The number of methoxy groups -OCH3 is 1. The van der Waals surface area contributed by atoms with Crippen LogP contribution in [-0.2, 0) is 4.74 Å². The van der Waals surface area contributed by atoms with Gasteiger partial charge >= 0.3 is 0 Å². The number of rotatable bonds is 7. The molecule has 0 spiro atoms. The van der Waals surface area contributed by atoms with Crippen LogP contribution < -0.4 is 10.2 Å². The zero-order chi connectivity index (χ0) is 12.7. The highest BCUT2D eigenvalue weighted by molar-refractivity contribution is 5.40. The molecule has 0 aliphatic rings. The SMILES string of the molecule is CCNC(C)c1ccnc(N(C)CCOC)c1. The number of aromatic nitrogens is 1. The van der Waals surface area contributed by atoms with E-state index in [-0.39, 0.29) is 0 Å². The van der Waals surface area contributed by atoms with Crippen molar-refractivity contribution in [1.29, 1.82) is 0 Å². The Bertz CT molecular complexity index is 330. The van der Waals surface area contributed by atoms with Crippen molar-refractivity contribution >= 4 is 5.82 Å². The molecule has 1 heterocycles. The van der Waals surface area contributed by atoms with E-state index in [1.54, 1.807) is 7.11 Å². The average molecular weight is 237 g/mol. The van der Waals surface area contributed by atoms with E-state index in [2.05, 4.69) is 41.2 Å². The Hall–Kier alpha value is -1.13. The molecule has 1 aromatic heterocycles. The fourth-order valence-corrected chi connectivity index (χ4v) is 1.68. The van der Waals surface area contributed by atoms with Crippen LogP contribution >= 0.6 is 0 Å². The minimum absolute atomic E-state index is 0.359. The molecule has 0 aromatic carbocycles. The number of likely N-dealkylation sites (N-methyl/N-ethyl adjacent to an activating group) is 1. The summed E-state index contributed by atoms with van der Waals surface area (Å²) in [6.45, 7) is 6.81. The van der Waals surface area contributed by atoms with Crippen LogP contribution in [0.5, 0.6) is 0 Å². The standard InChI is InChI=1S/C13H23N3O/c1-5-14-11(2)12-6-7-15-13(10-12)16(3)8-9-17-4/h6-7,10-11,14H,5,8-9H2,1-4H3. The highest BCUT2D eigenvalue weighted by Crippen LogP contribution is 2.16. The van der Waals surface area contributed by atoms with Gasteiger partial charge in [-0.1, -0.05) is 6.92 Å². The molecule has 1 unspecified atom stereocenters. The molecule has 4 nitrogen and oxygen atoms in total. The Balaban J connectivity index is 2.70. The Kier molecular flexibility index (Phi) is 5.94. The van der Waals surface area contributed by atoms with Gasteiger partial charge in [0.2, 0.25) is 0 Å². The summed E-state index contributed by atoms with van der Waals surface area (Å²) in [5.74, 6) is 0.990. The van der Waals surface area contributed by atoms with Crippen molar-refractivity contribution in [3.63, 3.8) is 0 Å². The fourth-order valence-electron chi connectivity index (χ4n) is 1.68. The largest absolute Gasteiger partial charge is 0.383 e. The average Bonchev–Trinajstić information content (AvgIpc) is 2.36. The first-order valence-corrected chi connectivity index (χ1v) is 6.08. The summed E-state index contributed by atoms with van der Waals surface area (Å²) in [6, 6.07) is 4.54. The first-order valence-electron chi connectivity index (χ1n) is 6.08. The van der Waals surface area contributed by atoms with Gasteiger partial charge in [-0.25, -0.2) is 4.98 Å². The predicted octanol–water partition coefficient (Wildman–Crippen LogP) is 1.83. The van der Waals surface area contributed by atoms with E-state index in [4.69, 9.17) is 4.74 Å². The molecule has 1 N–H and O–H groups in total. The zero-order valence-electron chi connectivity index (χ0n) is 11.2. The van der Waals surface area contributed by atoms with Gasteiger partial charge < -0.3 is 15.0 Å². The summed E-state index contributed by atoms with van der Waals surface area (Å²) >= 11 is 0. The van der Waals surface area contributed by atoms with Gasteiger partial charge in [0.15, 0.2) is 0 Å². The first-order chi connectivity index (χ1) is 8.19. The number of hydrogen-bond donors (Lipinski definition) is 1. The Morgan fingerprint density at radius 2 is 2.29 bits per heavy atom. The van der Waals surface area contributed by atoms with Gasteiger partial charge in [-0.15, -0.1) is 0 Å². The van der Waals surface area contributed by atoms with Crippen LogP contribution in [0.15, 0.2) is 18.3 Å². The molecule has 0 radical (unpaired) electrons. The van der Waals surface area contributed by atoms with Crippen LogP contribution in [-0.4, -0.2) is 38.8 Å². The minimum atomic E-state index is 0.359. The number of pyridine rings is 1. The maximum absolute atomic E-state index is 5.07. The molecule has 0 amide bonds. The molecule has 1 aromatic rings. The Morgan fingerprint density at radius 3 is 2.94 bits per heavy atom. The van der Waals surface area contributed by atoms with Gasteiger partial charge in [-0.05, 0) is 31.2 Å². The maximum Gasteiger partial charge on any atom is 0.128 e. The van der Waals surface area contributed by atoms with E-state index in [1.165, 1.54) is 5.56 Å². The van der Waals surface area contributed by atoms with Crippen molar-refractivity contribution < 1.29 is 4.74 Å². The van der Waals surface area contributed by atoms with Gasteiger partial charge in [0, 0.05) is 32.9 Å². The van der Waals surface area contributed by atoms with Crippen LogP contribution in [0.3, 0.4) is 0 Å². The molecule has 4 heteroatoms. The maximum atomic E-state index is 5.07. The zero-order valence-corrected chi connectivity index (χ0v) is 11.2. The van der Waals surface area contributed by atoms with E-state index >= 15 is 0 Å². The lowest BCUT2D eigenvalue weighted by Gasteiger charge is -2.20. The van der Waals surface area contributed by atoms with Gasteiger partial charge in [0.25, 0.3) is 0 Å². The monoisotopic (exact) mass is 237 g/mol. The lowest BCUT2D eigenvalue weighted by atomic mass is 10.1. The fraction of sp³-hybridized carbons (Fsp3) is 0.615. The van der Waals surface area contributed by atoms with Gasteiger partial charge in [0.05, 0.1) is 6.61 Å². The number of hydrogen-bond acceptors (Lipinski definition) is 4. The van der Waals surface area contributed by atoms with E-state index < -0.39 is 0 Å². The molecule has 0 saturated carbocycles. The van der Waals surface area contributed by atoms with Crippen molar-refractivity contribution in [1.82, 2.24) is 10.3 Å². The van der Waals surface area contributed by atoms with Crippen LogP contribution in [0.25, 0.3) is 0 Å². The first kappa shape index (κ1) is 13.9. The molecular formula is C13H23N3O. The highest BCUT2D eigenvalue weighted by atomic mass is 16.5. The van der Waals surface area contributed by atoms with E-state index in [9.17, 15) is 0 Å². The summed E-state index contributed by atoms with van der Waals surface area (Å²) in [7, 11) is 3.74. The van der Waals surface area contributed by atoms with Crippen molar-refractivity contribution in [2.45, 2.75) is 19.9 Å². The van der Waals surface area contributed by atoms with Crippen molar-refractivity contribution in [2.24, 2.45) is 0 Å². The lowest BCUT2D eigenvalue weighted by molar-refractivity contribution is 0.206. The predicted molar refractivity (Wildman–Crippen MR) is 71.5 cm³/mol. The van der Waals surface area contributed by atoms with Crippen LogP contribution in [0.4, 0.5) is 5.82 Å². The van der Waals surface area contributed by atoms with E-state index in [0.717, 1.165) is 18.9 Å². The molecule has 0 aliphatic heterocycles. The van der Waals surface area contributed by atoms with Crippen LogP contribution in [0.1, 0.15) is 25.5 Å². The van der Waals surface area contributed by atoms with Crippen molar-refractivity contribution in [3.05, 3.63) is 23.9 Å². The Labute approximate surface area is 104 Å². The summed E-state index contributed by atoms with van der Waals surface area (Å²) < 4.78 is 5.07. The van der Waals surface area contributed by atoms with Gasteiger partial charge in [-0.3, -0.25) is 0 Å². The number of nitrogens with one attached hydrogen (secondary N) is 1. The third kappa shape index (κ3) is 4.32. The van der Waals surface area contributed by atoms with E-state index in [1.807, 2.05) is 13.2 Å². The minimum Gasteiger partial charge on any atom is -0.383 e. The lowest BCUT2D eigenvalue weighted by Crippen LogP contribution is -2.24.